The molecule has 0 radical (unpaired) electrons. The zero-order valence-corrected chi connectivity index (χ0v) is 11.2. The van der Waals surface area contributed by atoms with Gasteiger partial charge in [0.05, 0.1) is 33.0 Å². The Bertz CT molecular complexity index is 189. The second-order valence-electron chi connectivity index (χ2n) is 3.58. The number of carbonyl (C=O) groups excluding carboxylic acids is 1. The maximum atomic E-state index is 10.9. The normalized spacial score (nSPS) is 10.6. The summed E-state index contributed by atoms with van der Waals surface area (Å²) in [6, 6.07) is 0. The summed E-state index contributed by atoms with van der Waals surface area (Å²) >= 11 is 0. The minimum absolute atomic E-state index is 0.0210. The summed E-state index contributed by atoms with van der Waals surface area (Å²) in [6.07, 6.45) is 1.97. The van der Waals surface area contributed by atoms with Crippen molar-refractivity contribution >= 4 is 5.97 Å². The van der Waals surface area contributed by atoms with Gasteiger partial charge in [0.25, 0.3) is 0 Å². The van der Waals surface area contributed by atoms with Crippen molar-refractivity contribution in [2.45, 2.75) is 19.8 Å². The molecule has 0 heterocycles. The van der Waals surface area contributed by atoms with E-state index in [1.54, 1.807) is 6.92 Å². The van der Waals surface area contributed by atoms with Crippen molar-refractivity contribution in [2.24, 2.45) is 5.73 Å². The van der Waals surface area contributed by atoms with Crippen LogP contribution in [0.4, 0.5) is 0 Å². The molecule has 6 heteroatoms. The van der Waals surface area contributed by atoms with E-state index >= 15 is 0 Å². The average molecular weight is 263 g/mol. The summed E-state index contributed by atoms with van der Waals surface area (Å²) in [5, 5.41) is 0. The molecule has 0 atom stereocenters. The molecule has 0 rings (SSSR count). The van der Waals surface area contributed by atoms with Gasteiger partial charge in [-0.15, -0.1) is 0 Å². The van der Waals surface area contributed by atoms with Crippen molar-refractivity contribution in [2.75, 3.05) is 52.8 Å². The van der Waals surface area contributed by atoms with Gasteiger partial charge in [0.2, 0.25) is 0 Å². The smallest absolute Gasteiger partial charge is 0.332 e. The van der Waals surface area contributed by atoms with Crippen LogP contribution in [0.3, 0.4) is 0 Å². The minimum Gasteiger partial charge on any atom is -0.464 e. The fourth-order valence-corrected chi connectivity index (χ4v) is 1.15. The van der Waals surface area contributed by atoms with Crippen LogP contribution in [0.2, 0.25) is 0 Å². The molecule has 0 spiro atoms. The highest BCUT2D eigenvalue weighted by atomic mass is 16.6. The van der Waals surface area contributed by atoms with E-state index in [1.165, 1.54) is 0 Å². The topological polar surface area (TPSA) is 80.0 Å². The Morgan fingerprint density at radius 1 is 0.944 bits per heavy atom. The number of hydrogen-bond acceptors (Lipinski definition) is 6. The van der Waals surface area contributed by atoms with E-state index < -0.39 is 0 Å². The van der Waals surface area contributed by atoms with Crippen LogP contribution in [0.5, 0.6) is 0 Å². The molecule has 0 aliphatic heterocycles. The van der Waals surface area contributed by atoms with Crippen molar-refractivity contribution < 1.29 is 23.7 Å². The zero-order valence-electron chi connectivity index (χ0n) is 11.2. The molecule has 6 nitrogen and oxygen atoms in total. The number of esters is 1. The third kappa shape index (κ3) is 13.4. The standard InChI is InChI=1S/C12H25NO5/c1-2-18-12(14)11-17-10-9-16-8-7-15-6-4-3-5-13/h2-11,13H2,1H3. The first-order valence-electron chi connectivity index (χ1n) is 6.40. The zero-order chi connectivity index (χ0) is 13.5. The van der Waals surface area contributed by atoms with E-state index in [0.29, 0.717) is 39.6 Å². The molecule has 0 aromatic rings. The van der Waals surface area contributed by atoms with Gasteiger partial charge < -0.3 is 24.7 Å². The number of unbranched alkanes of at least 4 members (excludes halogenated alkanes) is 1. The second-order valence-corrected chi connectivity index (χ2v) is 3.58. The third-order valence-corrected chi connectivity index (χ3v) is 2.01. The van der Waals surface area contributed by atoms with E-state index in [1.807, 2.05) is 0 Å². The minimum atomic E-state index is -0.347. The van der Waals surface area contributed by atoms with Gasteiger partial charge in [0, 0.05) is 6.61 Å². The maximum absolute atomic E-state index is 10.9. The summed E-state index contributed by atoms with van der Waals surface area (Å²) < 4.78 is 20.3. The quantitative estimate of drug-likeness (QED) is 0.381. The van der Waals surface area contributed by atoms with Crippen LogP contribution in [0.15, 0.2) is 0 Å². The van der Waals surface area contributed by atoms with Gasteiger partial charge >= 0.3 is 5.97 Å². The molecule has 108 valence electrons. The van der Waals surface area contributed by atoms with Gasteiger partial charge in [-0.25, -0.2) is 4.79 Å². The summed E-state index contributed by atoms with van der Waals surface area (Å²) in [6.45, 7) is 5.48. The van der Waals surface area contributed by atoms with E-state index in [-0.39, 0.29) is 12.6 Å². The van der Waals surface area contributed by atoms with Crippen molar-refractivity contribution in [3.05, 3.63) is 0 Å². The number of ether oxygens (including phenoxy) is 4. The number of hydrogen-bond donors (Lipinski definition) is 1. The van der Waals surface area contributed by atoms with E-state index in [4.69, 9.17) is 24.7 Å². The molecule has 0 aromatic carbocycles. The summed E-state index contributed by atoms with van der Waals surface area (Å²) in [7, 11) is 0. The lowest BCUT2D eigenvalue weighted by molar-refractivity contribution is -0.148. The summed E-state index contributed by atoms with van der Waals surface area (Å²) in [5.74, 6) is -0.347. The lowest BCUT2D eigenvalue weighted by Gasteiger charge is -2.06. The van der Waals surface area contributed by atoms with Crippen molar-refractivity contribution in [1.82, 2.24) is 0 Å². The number of carbonyl (C=O) groups is 1. The first-order valence-corrected chi connectivity index (χ1v) is 6.40. The summed E-state index contributed by atoms with van der Waals surface area (Å²) in [5.41, 5.74) is 5.35. The molecular formula is C12H25NO5. The molecule has 18 heavy (non-hydrogen) atoms. The molecule has 0 bridgehead atoms. The lowest BCUT2D eigenvalue weighted by Crippen LogP contribution is -2.16. The molecule has 0 fully saturated rings. The van der Waals surface area contributed by atoms with Gasteiger partial charge in [-0.05, 0) is 26.3 Å². The molecule has 0 aliphatic carbocycles. The van der Waals surface area contributed by atoms with Gasteiger partial charge in [-0.3, -0.25) is 0 Å². The van der Waals surface area contributed by atoms with Gasteiger partial charge in [-0.1, -0.05) is 0 Å². The van der Waals surface area contributed by atoms with Crippen LogP contribution >= 0.6 is 0 Å². The van der Waals surface area contributed by atoms with Gasteiger partial charge in [0.15, 0.2) is 0 Å². The first-order chi connectivity index (χ1) is 8.81. The van der Waals surface area contributed by atoms with E-state index in [2.05, 4.69) is 0 Å². The molecule has 0 saturated heterocycles. The summed E-state index contributed by atoms with van der Waals surface area (Å²) in [4.78, 5) is 10.9. The van der Waals surface area contributed by atoms with Crippen molar-refractivity contribution in [3.63, 3.8) is 0 Å². The Kier molecular flexibility index (Phi) is 13.8. The van der Waals surface area contributed by atoms with Crippen LogP contribution in [0.1, 0.15) is 19.8 Å². The first kappa shape index (κ1) is 17.3. The molecule has 0 aliphatic rings. The highest BCUT2D eigenvalue weighted by Crippen LogP contribution is 1.88. The predicted octanol–water partition coefficient (Wildman–Crippen LogP) is 0.338. The van der Waals surface area contributed by atoms with Crippen molar-refractivity contribution in [3.8, 4) is 0 Å². The number of rotatable bonds is 13. The monoisotopic (exact) mass is 263 g/mol. The Morgan fingerprint density at radius 2 is 1.56 bits per heavy atom. The highest BCUT2D eigenvalue weighted by molar-refractivity contribution is 5.70. The Balaban J connectivity index is 3.01. The Hall–Kier alpha value is -0.690. The SMILES string of the molecule is CCOC(=O)COCCOCCOCCCCN. The second kappa shape index (κ2) is 14.4. The molecular weight excluding hydrogens is 238 g/mol. The van der Waals surface area contributed by atoms with Crippen LogP contribution in [-0.2, 0) is 23.7 Å². The lowest BCUT2D eigenvalue weighted by atomic mass is 10.3. The third-order valence-electron chi connectivity index (χ3n) is 2.01. The Labute approximate surface area is 109 Å². The molecule has 0 unspecified atom stereocenters. The van der Waals surface area contributed by atoms with E-state index in [9.17, 15) is 4.79 Å². The van der Waals surface area contributed by atoms with Crippen LogP contribution in [0, 0.1) is 0 Å². The van der Waals surface area contributed by atoms with Crippen LogP contribution in [-0.4, -0.2) is 58.8 Å². The fourth-order valence-electron chi connectivity index (χ4n) is 1.15. The van der Waals surface area contributed by atoms with Gasteiger partial charge in [0.1, 0.15) is 6.61 Å². The largest absolute Gasteiger partial charge is 0.464 e. The predicted molar refractivity (Wildman–Crippen MR) is 67.4 cm³/mol. The fraction of sp³-hybridized carbons (Fsp3) is 0.917. The van der Waals surface area contributed by atoms with Gasteiger partial charge in [-0.2, -0.15) is 0 Å². The van der Waals surface area contributed by atoms with Crippen molar-refractivity contribution in [1.29, 1.82) is 0 Å². The van der Waals surface area contributed by atoms with Crippen LogP contribution in [0.25, 0.3) is 0 Å². The molecule has 2 N–H and O–H groups in total. The maximum Gasteiger partial charge on any atom is 0.332 e. The number of nitrogens with two attached hydrogens (primary N) is 1. The molecule has 0 aromatic heterocycles. The molecule has 0 amide bonds. The molecule has 0 saturated carbocycles. The average Bonchev–Trinajstić information content (AvgIpc) is 2.36. The Morgan fingerprint density at radius 3 is 2.17 bits per heavy atom. The van der Waals surface area contributed by atoms with Crippen LogP contribution < -0.4 is 5.73 Å². The highest BCUT2D eigenvalue weighted by Gasteiger charge is 2.00. The van der Waals surface area contributed by atoms with E-state index in [0.717, 1.165) is 19.4 Å².